The Bertz CT molecular complexity index is 594. The summed E-state index contributed by atoms with van der Waals surface area (Å²) in [5.74, 6) is 1.67. The molecule has 20 heavy (non-hydrogen) atoms. The summed E-state index contributed by atoms with van der Waals surface area (Å²) < 4.78 is 11.2. The van der Waals surface area contributed by atoms with Crippen molar-refractivity contribution in [1.29, 1.82) is 0 Å². The third-order valence-electron chi connectivity index (χ3n) is 3.38. The standard InChI is InChI=1S/C17H19BrO2/c1-12-4-5-14(8-13(12)2)11-20-17-9-16(19-3)7-6-15(17)10-18/h4-9H,10-11H2,1-3H3. The van der Waals surface area contributed by atoms with Gasteiger partial charge in [-0.1, -0.05) is 40.2 Å². The maximum absolute atomic E-state index is 5.94. The van der Waals surface area contributed by atoms with Crippen LogP contribution in [-0.2, 0) is 11.9 Å². The van der Waals surface area contributed by atoms with E-state index in [1.165, 1.54) is 16.7 Å². The Morgan fingerprint density at radius 2 is 1.80 bits per heavy atom. The number of alkyl halides is 1. The normalized spacial score (nSPS) is 10.4. The maximum atomic E-state index is 5.94. The van der Waals surface area contributed by atoms with Crippen LogP contribution < -0.4 is 9.47 Å². The third-order valence-corrected chi connectivity index (χ3v) is 3.99. The van der Waals surface area contributed by atoms with Gasteiger partial charge in [-0.05, 0) is 36.6 Å². The van der Waals surface area contributed by atoms with Gasteiger partial charge in [0.05, 0.1) is 7.11 Å². The second-order valence-corrected chi connectivity index (χ2v) is 5.38. The van der Waals surface area contributed by atoms with Crippen molar-refractivity contribution in [2.45, 2.75) is 25.8 Å². The molecule has 0 aliphatic rings. The van der Waals surface area contributed by atoms with Crippen LogP contribution in [0.3, 0.4) is 0 Å². The van der Waals surface area contributed by atoms with E-state index in [0.717, 1.165) is 22.4 Å². The molecule has 0 unspecified atom stereocenters. The first kappa shape index (κ1) is 14.9. The zero-order chi connectivity index (χ0) is 14.5. The minimum Gasteiger partial charge on any atom is -0.497 e. The Morgan fingerprint density at radius 3 is 2.45 bits per heavy atom. The smallest absolute Gasteiger partial charge is 0.127 e. The Labute approximate surface area is 128 Å². The van der Waals surface area contributed by atoms with E-state index < -0.39 is 0 Å². The first-order valence-electron chi connectivity index (χ1n) is 6.56. The van der Waals surface area contributed by atoms with Crippen molar-refractivity contribution in [1.82, 2.24) is 0 Å². The number of benzene rings is 2. The molecule has 3 heteroatoms. The van der Waals surface area contributed by atoms with Gasteiger partial charge in [0.15, 0.2) is 0 Å². The number of rotatable bonds is 5. The van der Waals surface area contributed by atoms with E-state index in [4.69, 9.17) is 9.47 Å². The molecule has 0 aliphatic carbocycles. The highest BCUT2D eigenvalue weighted by atomic mass is 79.9. The van der Waals surface area contributed by atoms with Crippen molar-refractivity contribution < 1.29 is 9.47 Å². The lowest BCUT2D eigenvalue weighted by Crippen LogP contribution is -1.99. The average Bonchev–Trinajstić information content (AvgIpc) is 2.48. The van der Waals surface area contributed by atoms with Crippen LogP contribution in [-0.4, -0.2) is 7.11 Å². The fourth-order valence-corrected chi connectivity index (χ4v) is 2.42. The van der Waals surface area contributed by atoms with E-state index >= 15 is 0 Å². The van der Waals surface area contributed by atoms with Gasteiger partial charge < -0.3 is 9.47 Å². The van der Waals surface area contributed by atoms with Gasteiger partial charge in [-0.2, -0.15) is 0 Å². The number of hydrogen-bond acceptors (Lipinski definition) is 2. The molecule has 0 aromatic heterocycles. The highest BCUT2D eigenvalue weighted by molar-refractivity contribution is 9.08. The zero-order valence-electron chi connectivity index (χ0n) is 12.1. The van der Waals surface area contributed by atoms with Gasteiger partial charge in [0, 0.05) is 17.0 Å². The summed E-state index contributed by atoms with van der Waals surface area (Å²) in [5.41, 5.74) is 4.89. The Kier molecular flexibility index (Phi) is 5.07. The van der Waals surface area contributed by atoms with E-state index in [2.05, 4.69) is 48.0 Å². The molecule has 2 nitrogen and oxygen atoms in total. The molecule has 0 heterocycles. The molecule has 0 saturated heterocycles. The SMILES string of the molecule is COc1ccc(CBr)c(OCc2ccc(C)c(C)c2)c1. The van der Waals surface area contributed by atoms with Crippen LogP contribution in [0.4, 0.5) is 0 Å². The first-order valence-corrected chi connectivity index (χ1v) is 7.68. The lowest BCUT2D eigenvalue weighted by Gasteiger charge is -2.12. The van der Waals surface area contributed by atoms with Crippen molar-refractivity contribution in [3.63, 3.8) is 0 Å². The Morgan fingerprint density at radius 1 is 1.00 bits per heavy atom. The van der Waals surface area contributed by atoms with Crippen LogP contribution in [0.25, 0.3) is 0 Å². The Hall–Kier alpha value is -1.48. The molecule has 2 aromatic rings. The summed E-state index contributed by atoms with van der Waals surface area (Å²) in [5, 5.41) is 0.763. The van der Waals surface area contributed by atoms with Gasteiger partial charge in [-0.15, -0.1) is 0 Å². The molecular formula is C17H19BrO2. The van der Waals surface area contributed by atoms with Gasteiger partial charge in [0.2, 0.25) is 0 Å². The van der Waals surface area contributed by atoms with Gasteiger partial charge >= 0.3 is 0 Å². The van der Waals surface area contributed by atoms with E-state index in [9.17, 15) is 0 Å². The molecule has 0 N–H and O–H groups in total. The van der Waals surface area contributed by atoms with E-state index in [1.807, 2.05) is 18.2 Å². The van der Waals surface area contributed by atoms with E-state index in [0.29, 0.717) is 6.61 Å². The molecule has 0 fully saturated rings. The molecule has 0 aliphatic heterocycles. The number of aryl methyl sites for hydroxylation is 2. The minimum absolute atomic E-state index is 0.564. The first-order chi connectivity index (χ1) is 9.63. The molecule has 0 atom stereocenters. The molecule has 0 amide bonds. The number of halogens is 1. The Balaban J connectivity index is 2.15. The van der Waals surface area contributed by atoms with Crippen LogP contribution in [0.2, 0.25) is 0 Å². The lowest BCUT2D eigenvalue weighted by atomic mass is 10.1. The van der Waals surface area contributed by atoms with Crippen LogP contribution in [0, 0.1) is 13.8 Å². The minimum atomic E-state index is 0.564. The van der Waals surface area contributed by atoms with Crippen molar-refractivity contribution in [2.75, 3.05) is 7.11 Å². The van der Waals surface area contributed by atoms with E-state index in [1.54, 1.807) is 7.11 Å². The quantitative estimate of drug-likeness (QED) is 0.732. The average molecular weight is 335 g/mol. The van der Waals surface area contributed by atoms with Crippen LogP contribution >= 0.6 is 15.9 Å². The second-order valence-electron chi connectivity index (χ2n) is 4.81. The molecule has 0 bridgehead atoms. The maximum Gasteiger partial charge on any atom is 0.127 e. The third kappa shape index (κ3) is 3.54. The number of hydrogen-bond donors (Lipinski definition) is 0. The fourth-order valence-electron chi connectivity index (χ4n) is 1.96. The molecule has 0 saturated carbocycles. The summed E-state index contributed by atoms with van der Waals surface area (Å²) >= 11 is 3.48. The number of methoxy groups -OCH3 is 1. The predicted octanol–water partition coefficient (Wildman–Crippen LogP) is 4.79. The zero-order valence-corrected chi connectivity index (χ0v) is 13.7. The fraction of sp³-hybridized carbons (Fsp3) is 0.294. The summed E-state index contributed by atoms with van der Waals surface area (Å²) in [6, 6.07) is 12.3. The molecular weight excluding hydrogens is 316 g/mol. The van der Waals surface area contributed by atoms with Crippen LogP contribution in [0.1, 0.15) is 22.3 Å². The summed E-state index contributed by atoms with van der Waals surface area (Å²) in [6.45, 7) is 4.80. The molecule has 2 aromatic carbocycles. The summed E-state index contributed by atoms with van der Waals surface area (Å²) in [6.07, 6.45) is 0. The number of ether oxygens (including phenoxy) is 2. The molecule has 2 rings (SSSR count). The highest BCUT2D eigenvalue weighted by Gasteiger charge is 2.06. The van der Waals surface area contributed by atoms with Crippen molar-refractivity contribution in [3.8, 4) is 11.5 Å². The van der Waals surface area contributed by atoms with E-state index in [-0.39, 0.29) is 0 Å². The van der Waals surface area contributed by atoms with Crippen molar-refractivity contribution in [3.05, 3.63) is 58.7 Å². The second kappa shape index (κ2) is 6.80. The predicted molar refractivity (Wildman–Crippen MR) is 85.9 cm³/mol. The summed E-state index contributed by atoms with van der Waals surface area (Å²) in [4.78, 5) is 0. The topological polar surface area (TPSA) is 18.5 Å². The van der Waals surface area contributed by atoms with Gasteiger partial charge in [0.25, 0.3) is 0 Å². The van der Waals surface area contributed by atoms with Gasteiger partial charge in [-0.3, -0.25) is 0 Å². The highest BCUT2D eigenvalue weighted by Crippen LogP contribution is 2.27. The summed E-state index contributed by atoms with van der Waals surface area (Å²) in [7, 11) is 1.66. The molecule has 106 valence electrons. The molecule has 0 spiro atoms. The van der Waals surface area contributed by atoms with Crippen LogP contribution in [0.5, 0.6) is 11.5 Å². The van der Waals surface area contributed by atoms with Gasteiger partial charge in [0.1, 0.15) is 18.1 Å². The monoisotopic (exact) mass is 334 g/mol. The lowest BCUT2D eigenvalue weighted by molar-refractivity contribution is 0.301. The van der Waals surface area contributed by atoms with Gasteiger partial charge in [-0.25, -0.2) is 0 Å². The van der Waals surface area contributed by atoms with Crippen molar-refractivity contribution in [2.24, 2.45) is 0 Å². The van der Waals surface area contributed by atoms with Crippen LogP contribution in [0.15, 0.2) is 36.4 Å². The molecule has 0 radical (unpaired) electrons. The largest absolute Gasteiger partial charge is 0.497 e. The van der Waals surface area contributed by atoms with Crippen molar-refractivity contribution >= 4 is 15.9 Å².